The monoisotopic (exact) mass is 336 g/mol. The minimum Gasteiger partial charge on any atom is -0.391 e. The number of benzene rings is 2. The van der Waals surface area contributed by atoms with E-state index in [-0.39, 0.29) is 12.1 Å². The lowest BCUT2D eigenvalue weighted by molar-refractivity contribution is -0.00634. The lowest BCUT2D eigenvalue weighted by Gasteiger charge is -2.45. The van der Waals surface area contributed by atoms with Gasteiger partial charge in [-0.15, -0.1) is 0 Å². The van der Waals surface area contributed by atoms with Crippen LogP contribution in [-0.4, -0.2) is 52.7 Å². The molecule has 3 atom stereocenters. The van der Waals surface area contributed by atoms with Crippen molar-refractivity contribution in [3.05, 3.63) is 71.8 Å². The number of aliphatic hydroxyl groups is 1. The Balaban J connectivity index is 1.43. The highest BCUT2D eigenvalue weighted by Crippen LogP contribution is 2.29. The fourth-order valence-corrected chi connectivity index (χ4v) is 4.41. The Labute approximate surface area is 150 Å². The van der Waals surface area contributed by atoms with Gasteiger partial charge in [-0.3, -0.25) is 9.80 Å². The van der Waals surface area contributed by atoms with E-state index in [2.05, 4.69) is 70.5 Å². The van der Waals surface area contributed by atoms with E-state index in [9.17, 15) is 5.11 Å². The number of nitrogens with zero attached hydrogens (tertiary/aromatic N) is 2. The first kappa shape index (κ1) is 16.8. The van der Waals surface area contributed by atoms with Crippen molar-refractivity contribution in [3.63, 3.8) is 0 Å². The standard InChI is InChI=1S/C22H28N2O/c25-22-12-11-20-16-23(14-13-18-7-3-1-4-8-18)21(22)17-24(20)15-19-9-5-2-6-10-19/h1-10,20-22,25H,11-17H2/t20-,21+,22+/m0/s1. The van der Waals surface area contributed by atoms with Crippen LogP contribution in [0.1, 0.15) is 24.0 Å². The summed E-state index contributed by atoms with van der Waals surface area (Å²) in [5.74, 6) is 0. The Morgan fingerprint density at radius 2 is 1.48 bits per heavy atom. The average molecular weight is 336 g/mol. The Morgan fingerprint density at radius 1 is 0.800 bits per heavy atom. The first-order valence-corrected chi connectivity index (χ1v) is 9.53. The van der Waals surface area contributed by atoms with E-state index in [1.165, 1.54) is 11.1 Å². The highest BCUT2D eigenvalue weighted by Gasteiger charge is 2.40. The molecule has 3 aliphatic rings. The lowest BCUT2D eigenvalue weighted by Crippen LogP contribution is -2.58. The highest BCUT2D eigenvalue weighted by molar-refractivity contribution is 5.16. The Morgan fingerprint density at radius 3 is 2.20 bits per heavy atom. The van der Waals surface area contributed by atoms with Gasteiger partial charge in [0.05, 0.1) is 6.10 Å². The fourth-order valence-electron chi connectivity index (χ4n) is 4.41. The van der Waals surface area contributed by atoms with Gasteiger partial charge < -0.3 is 5.11 Å². The number of hydrogen-bond acceptors (Lipinski definition) is 3. The van der Waals surface area contributed by atoms with Crippen LogP contribution in [0.3, 0.4) is 0 Å². The SMILES string of the molecule is O[C@@H]1CC[C@H]2CN(CCc3ccccc3)[C@@H]1CN2Cc1ccccc1. The second-order valence-corrected chi connectivity index (χ2v) is 7.51. The van der Waals surface area contributed by atoms with Crippen molar-refractivity contribution in [1.29, 1.82) is 0 Å². The summed E-state index contributed by atoms with van der Waals surface area (Å²) in [6, 6.07) is 22.3. The number of rotatable bonds is 5. The second kappa shape index (κ2) is 7.69. The van der Waals surface area contributed by atoms with Crippen LogP contribution in [0.25, 0.3) is 0 Å². The molecule has 1 N–H and O–H groups in total. The molecule has 2 aromatic carbocycles. The van der Waals surface area contributed by atoms with E-state index in [1.807, 2.05) is 0 Å². The number of piperazine rings is 1. The molecule has 3 nitrogen and oxygen atoms in total. The quantitative estimate of drug-likeness (QED) is 0.909. The maximum Gasteiger partial charge on any atom is 0.0708 e. The predicted molar refractivity (Wildman–Crippen MR) is 101 cm³/mol. The smallest absolute Gasteiger partial charge is 0.0708 e. The van der Waals surface area contributed by atoms with Crippen molar-refractivity contribution in [2.75, 3.05) is 19.6 Å². The zero-order chi connectivity index (χ0) is 17.1. The summed E-state index contributed by atoms with van der Waals surface area (Å²) in [7, 11) is 0. The summed E-state index contributed by atoms with van der Waals surface area (Å²) in [5.41, 5.74) is 2.76. The highest BCUT2D eigenvalue weighted by atomic mass is 16.3. The predicted octanol–water partition coefficient (Wildman–Crippen LogP) is 2.94. The van der Waals surface area contributed by atoms with Gasteiger partial charge >= 0.3 is 0 Å². The molecule has 25 heavy (non-hydrogen) atoms. The molecule has 132 valence electrons. The van der Waals surface area contributed by atoms with Gasteiger partial charge in [-0.05, 0) is 30.4 Å². The molecule has 2 bridgehead atoms. The zero-order valence-electron chi connectivity index (χ0n) is 14.8. The summed E-state index contributed by atoms with van der Waals surface area (Å²) in [4.78, 5) is 5.13. The van der Waals surface area contributed by atoms with Crippen molar-refractivity contribution in [3.8, 4) is 0 Å². The topological polar surface area (TPSA) is 26.7 Å². The summed E-state index contributed by atoms with van der Waals surface area (Å²) < 4.78 is 0. The number of aliphatic hydroxyl groups excluding tert-OH is 1. The van der Waals surface area contributed by atoms with Gasteiger partial charge in [0.15, 0.2) is 0 Å². The summed E-state index contributed by atoms with van der Waals surface area (Å²) in [6.45, 7) is 4.11. The Kier molecular flexibility index (Phi) is 5.16. The molecule has 0 aliphatic carbocycles. The normalized spacial score (nSPS) is 27.3. The third-order valence-electron chi connectivity index (χ3n) is 5.85. The van der Waals surface area contributed by atoms with Crippen molar-refractivity contribution in [1.82, 2.24) is 9.80 Å². The molecule has 0 amide bonds. The van der Waals surface area contributed by atoms with Gasteiger partial charge in [0.1, 0.15) is 0 Å². The van der Waals surface area contributed by atoms with Crippen LogP contribution in [0.5, 0.6) is 0 Å². The number of hydrogen-bond donors (Lipinski definition) is 1. The second-order valence-electron chi connectivity index (χ2n) is 7.51. The number of fused-ring (bicyclic) bond motifs is 4. The maximum absolute atomic E-state index is 10.7. The largest absolute Gasteiger partial charge is 0.391 e. The van der Waals surface area contributed by atoms with Crippen LogP contribution in [0.2, 0.25) is 0 Å². The van der Waals surface area contributed by atoms with Gasteiger partial charge in [0.25, 0.3) is 0 Å². The van der Waals surface area contributed by atoms with Crippen molar-refractivity contribution in [2.45, 2.75) is 44.0 Å². The first-order chi connectivity index (χ1) is 12.3. The minimum absolute atomic E-state index is 0.193. The van der Waals surface area contributed by atoms with Gasteiger partial charge in [0, 0.05) is 38.3 Å². The Bertz CT molecular complexity index is 660. The average Bonchev–Trinajstić information content (AvgIpc) is 2.90. The minimum atomic E-state index is -0.193. The van der Waals surface area contributed by atoms with Crippen LogP contribution in [0, 0.1) is 0 Å². The van der Waals surface area contributed by atoms with E-state index in [1.54, 1.807) is 0 Å². The van der Waals surface area contributed by atoms with Gasteiger partial charge in [-0.2, -0.15) is 0 Å². The molecule has 0 spiro atoms. The molecule has 2 aromatic rings. The van der Waals surface area contributed by atoms with Crippen LogP contribution >= 0.6 is 0 Å². The molecule has 3 heterocycles. The van der Waals surface area contributed by atoms with E-state index in [0.717, 1.165) is 45.4 Å². The molecule has 3 aliphatic heterocycles. The fraction of sp³-hybridized carbons (Fsp3) is 0.455. The molecule has 3 heteroatoms. The van der Waals surface area contributed by atoms with Gasteiger partial charge in [-0.25, -0.2) is 0 Å². The molecular formula is C22H28N2O. The third-order valence-corrected chi connectivity index (χ3v) is 5.85. The van der Waals surface area contributed by atoms with Crippen molar-refractivity contribution < 1.29 is 5.11 Å². The molecule has 0 aromatic heterocycles. The molecular weight excluding hydrogens is 308 g/mol. The van der Waals surface area contributed by atoms with Crippen LogP contribution in [0.4, 0.5) is 0 Å². The van der Waals surface area contributed by atoms with Crippen molar-refractivity contribution in [2.24, 2.45) is 0 Å². The molecule has 0 radical (unpaired) electrons. The van der Waals surface area contributed by atoms with Crippen LogP contribution in [0.15, 0.2) is 60.7 Å². The van der Waals surface area contributed by atoms with E-state index in [0.29, 0.717) is 6.04 Å². The first-order valence-electron chi connectivity index (χ1n) is 9.53. The van der Waals surface area contributed by atoms with E-state index >= 15 is 0 Å². The summed E-state index contributed by atoms with van der Waals surface area (Å²) in [6.07, 6.45) is 2.91. The van der Waals surface area contributed by atoms with E-state index < -0.39 is 0 Å². The molecule has 3 saturated heterocycles. The molecule has 5 rings (SSSR count). The van der Waals surface area contributed by atoms with Crippen LogP contribution in [-0.2, 0) is 13.0 Å². The molecule has 3 fully saturated rings. The molecule has 0 unspecified atom stereocenters. The lowest BCUT2D eigenvalue weighted by atomic mass is 10.0. The zero-order valence-corrected chi connectivity index (χ0v) is 14.8. The third kappa shape index (κ3) is 3.95. The maximum atomic E-state index is 10.7. The van der Waals surface area contributed by atoms with E-state index in [4.69, 9.17) is 0 Å². The van der Waals surface area contributed by atoms with Crippen molar-refractivity contribution >= 4 is 0 Å². The summed E-state index contributed by atoms with van der Waals surface area (Å²) in [5, 5.41) is 10.7. The van der Waals surface area contributed by atoms with Gasteiger partial charge in [0.2, 0.25) is 0 Å². The van der Waals surface area contributed by atoms with Gasteiger partial charge in [-0.1, -0.05) is 60.7 Å². The summed E-state index contributed by atoms with van der Waals surface area (Å²) >= 11 is 0. The molecule has 0 saturated carbocycles. The van der Waals surface area contributed by atoms with Crippen LogP contribution < -0.4 is 0 Å². The Hall–Kier alpha value is -1.68.